The molecule has 0 radical (unpaired) electrons. The summed E-state index contributed by atoms with van der Waals surface area (Å²) >= 11 is 2.26. The van der Waals surface area contributed by atoms with Crippen molar-refractivity contribution in [2.75, 3.05) is 0 Å². The molecule has 0 saturated carbocycles. The molecule has 0 bridgehead atoms. The fourth-order valence-electron chi connectivity index (χ4n) is 1.64. The van der Waals surface area contributed by atoms with E-state index in [1.54, 1.807) is 0 Å². The minimum atomic E-state index is -0.435. The lowest BCUT2D eigenvalue weighted by Gasteiger charge is -2.07. The summed E-state index contributed by atoms with van der Waals surface area (Å²) in [5.74, 6) is 0. The summed E-state index contributed by atoms with van der Waals surface area (Å²) in [6, 6.07) is 15.4. The molecule has 1 N–H and O–H groups in total. The summed E-state index contributed by atoms with van der Waals surface area (Å²) in [5, 5.41) is 2.69. The number of hydrogen-bond acceptors (Lipinski definition) is 3. The molecule has 0 saturated heterocycles. The van der Waals surface area contributed by atoms with E-state index < -0.39 is 6.09 Å². The van der Waals surface area contributed by atoms with Gasteiger partial charge in [0.25, 0.3) is 0 Å². The molecule has 0 aliphatic carbocycles. The first-order valence-corrected chi connectivity index (χ1v) is 7.76. The van der Waals surface area contributed by atoms with Crippen LogP contribution in [0, 0.1) is 0 Å². The van der Waals surface area contributed by atoms with E-state index >= 15 is 0 Å². The van der Waals surface area contributed by atoms with Crippen LogP contribution in [0.3, 0.4) is 0 Å². The molecular formula is C15H15IN2O2. The van der Waals surface area contributed by atoms with Crippen LogP contribution < -0.4 is 5.32 Å². The van der Waals surface area contributed by atoms with Crippen molar-refractivity contribution in [1.82, 2.24) is 10.3 Å². The Balaban J connectivity index is 1.77. The Morgan fingerprint density at radius 2 is 1.85 bits per heavy atom. The Kier molecular flexibility index (Phi) is 5.79. The first-order chi connectivity index (χ1) is 9.78. The number of ether oxygens (including phenoxy) is 1. The van der Waals surface area contributed by atoms with Crippen molar-refractivity contribution in [2.24, 2.45) is 0 Å². The van der Waals surface area contributed by atoms with Crippen LogP contribution in [0.5, 0.6) is 0 Å². The second-order valence-corrected chi connectivity index (χ2v) is 4.93. The van der Waals surface area contributed by atoms with Gasteiger partial charge in [-0.25, -0.2) is 4.79 Å². The van der Waals surface area contributed by atoms with Gasteiger partial charge < -0.3 is 10.1 Å². The number of nitrogens with one attached hydrogen (secondary N) is 1. The van der Waals surface area contributed by atoms with E-state index in [2.05, 4.69) is 32.9 Å². The number of aromatic nitrogens is 1. The SMILES string of the molecule is O=C(NCc1cccc(CI)n1)OCc1ccccc1. The van der Waals surface area contributed by atoms with Gasteiger partial charge in [0.1, 0.15) is 6.61 Å². The molecule has 1 aromatic heterocycles. The Bertz CT molecular complexity index is 561. The van der Waals surface area contributed by atoms with Crippen molar-refractivity contribution in [3.05, 3.63) is 65.5 Å². The van der Waals surface area contributed by atoms with Crippen molar-refractivity contribution >= 4 is 28.7 Å². The quantitative estimate of drug-likeness (QED) is 0.637. The lowest BCUT2D eigenvalue weighted by atomic mass is 10.2. The average molecular weight is 382 g/mol. The number of alkyl halides is 1. The van der Waals surface area contributed by atoms with E-state index in [1.165, 1.54) is 0 Å². The summed E-state index contributed by atoms with van der Waals surface area (Å²) in [4.78, 5) is 16.0. The molecule has 0 aliphatic rings. The molecule has 2 rings (SSSR count). The first-order valence-electron chi connectivity index (χ1n) is 6.23. The Morgan fingerprint density at radius 1 is 1.10 bits per heavy atom. The van der Waals surface area contributed by atoms with Gasteiger partial charge in [0, 0.05) is 4.43 Å². The zero-order valence-electron chi connectivity index (χ0n) is 10.9. The average Bonchev–Trinajstić information content (AvgIpc) is 2.52. The minimum Gasteiger partial charge on any atom is -0.445 e. The Labute approximate surface area is 131 Å². The lowest BCUT2D eigenvalue weighted by Crippen LogP contribution is -2.24. The summed E-state index contributed by atoms with van der Waals surface area (Å²) in [7, 11) is 0. The molecule has 104 valence electrons. The van der Waals surface area contributed by atoms with Gasteiger partial charge in [-0.05, 0) is 17.7 Å². The highest BCUT2D eigenvalue weighted by Crippen LogP contribution is 2.04. The van der Waals surface area contributed by atoms with Crippen molar-refractivity contribution in [3.8, 4) is 0 Å². The number of halogens is 1. The molecule has 0 atom stereocenters. The van der Waals surface area contributed by atoms with Crippen LogP contribution in [0.1, 0.15) is 17.0 Å². The zero-order valence-corrected chi connectivity index (χ0v) is 13.0. The predicted molar refractivity (Wildman–Crippen MR) is 85.4 cm³/mol. The number of nitrogens with zero attached hydrogens (tertiary/aromatic N) is 1. The maximum atomic E-state index is 11.6. The highest BCUT2D eigenvalue weighted by atomic mass is 127. The fourth-order valence-corrected chi connectivity index (χ4v) is 2.06. The van der Waals surface area contributed by atoms with E-state index in [4.69, 9.17) is 4.74 Å². The Hall–Kier alpha value is -1.63. The molecule has 0 spiro atoms. The number of carbonyl (C=O) groups excluding carboxylic acids is 1. The number of hydrogen-bond donors (Lipinski definition) is 1. The lowest BCUT2D eigenvalue weighted by molar-refractivity contribution is 0.139. The molecule has 0 aliphatic heterocycles. The highest BCUT2D eigenvalue weighted by Gasteiger charge is 2.03. The maximum Gasteiger partial charge on any atom is 0.407 e. The van der Waals surface area contributed by atoms with E-state index in [1.807, 2.05) is 48.5 Å². The molecule has 1 heterocycles. The largest absolute Gasteiger partial charge is 0.445 e. The molecular weight excluding hydrogens is 367 g/mol. The number of carbonyl (C=O) groups is 1. The van der Waals surface area contributed by atoms with Crippen LogP contribution in [-0.2, 0) is 22.3 Å². The van der Waals surface area contributed by atoms with Crippen LogP contribution in [0.2, 0.25) is 0 Å². The van der Waals surface area contributed by atoms with Gasteiger partial charge in [-0.1, -0.05) is 59.0 Å². The van der Waals surface area contributed by atoms with Gasteiger partial charge in [0.15, 0.2) is 0 Å². The van der Waals surface area contributed by atoms with Crippen LogP contribution in [0.25, 0.3) is 0 Å². The van der Waals surface area contributed by atoms with Crippen molar-refractivity contribution in [3.63, 3.8) is 0 Å². The third-order valence-electron chi connectivity index (χ3n) is 2.63. The van der Waals surface area contributed by atoms with E-state index in [0.29, 0.717) is 6.54 Å². The molecule has 0 fully saturated rings. The maximum absolute atomic E-state index is 11.6. The first kappa shape index (κ1) is 14.8. The number of pyridine rings is 1. The van der Waals surface area contributed by atoms with Gasteiger partial charge >= 0.3 is 6.09 Å². The molecule has 1 aromatic carbocycles. The van der Waals surface area contributed by atoms with Gasteiger partial charge in [-0.3, -0.25) is 4.98 Å². The second-order valence-electron chi connectivity index (χ2n) is 4.17. The van der Waals surface area contributed by atoms with Crippen molar-refractivity contribution in [2.45, 2.75) is 17.6 Å². The topological polar surface area (TPSA) is 51.2 Å². The molecule has 4 nitrogen and oxygen atoms in total. The zero-order chi connectivity index (χ0) is 14.2. The highest BCUT2D eigenvalue weighted by molar-refractivity contribution is 14.1. The van der Waals surface area contributed by atoms with Gasteiger partial charge in [-0.2, -0.15) is 0 Å². The van der Waals surface area contributed by atoms with Crippen LogP contribution in [-0.4, -0.2) is 11.1 Å². The summed E-state index contributed by atoms with van der Waals surface area (Å²) in [6.45, 7) is 0.645. The molecule has 2 aromatic rings. The van der Waals surface area contributed by atoms with Crippen LogP contribution in [0.15, 0.2) is 48.5 Å². The van der Waals surface area contributed by atoms with E-state index in [0.717, 1.165) is 21.4 Å². The smallest absolute Gasteiger partial charge is 0.407 e. The van der Waals surface area contributed by atoms with Gasteiger partial charge in [-0.15, -0.1) is 0 Å². The van der Waals surface area contributed by atoms with Gasteiger partial charge in [0.2, 0.25) is 0 Å². The van der Waals surface area contributed by atoms with Gasteiger partial charge in [0.05, 0.1) is 17.9 Å². The molecule has 1 amide bonds. The van der Waals surface area contributed by atoms with Crippen LogP contribution >= 0.6 is 22.6 Å². The molecule has 5 heteroatoms. The van der Waals surface area contributed by atoms with E-state index in [9.17, 15) is 4.79 Å². The third kappa shape index (κ3) is 4.80. The van der Waals surface area contributed by atoms with Crippen LogP contribution in [0.4, 0.5) is 4.79 Å². The standard InChI is InChI=1S/C15H15IN2O2/c16-9-13-7-4-8-14(18-13)10-17-15(19)20-11-12-5-2-1-3-6-12/h1-8H,9-11H2,(H,17,19). The molecule has 0 unspecified atom stereocenters. The second kappa shape index (κ2) is 7.84. The minimum absolute atomic E-state index is 0.272. The van der Waals surface area contributed by atoms with E-state index in [-0.39, 0.29) is 6.61 Å². The summed E-state index contributed by atoms with van der Waals surface area (Å²) in [5.41, 5.74) is 2.80. The number of amides is 1. The normalized spacial score (nSPS) is 10.1. The number of alkyl carbamates (subject to hydrolysis) is 1. The summed E-state index contributed by atoms with van der Waals surface area (Å²) in [6.07, 6.45) is -0.435. The monoisotopic (exact) mass is 382 g/mol. The van der Waals surface area contributed by atoms with Crippen molar-refractivity contribution in [1.29, 1.82) is 0 Å². The number of benzene rings is 1. The third-order valence-corrected chi connectivity index (χ3v) is 3.41. The predicted octanol–water partition coefficient (Wildman–Crippen LogP) is 3.44. The fraction of sp³-hybridized carbons (Fsp3) is 0.200. The molecule has 20 heavy (non-hydrogen) atoms. The van der Waals surface area contributed by atoms with Crippen molar-refractivity contribution < 1.29 is 9.53 Å². The Morgan fingerprint density at radius 3 is 2.60 bits per heavy atom. The summed E-state index contributed by atoms with van der Waals surface area (Å²) < 4.78 is 5.98. The number of rotatable bonds is 5.